The smallest absolute Gasteiger partial charge is 0.225 e. The van der Waals surface area contributed by atoms with Gasteiger partial charge in [0.15, 0.2) is 5.65 Å². The number of halogens is 1. The van der Waals surface area contributed by atoms with E-state index in [2.05, 4.69) is 34.1 Å². The second-order valence-electron chi connectivity index (χ2n) is 6.74. The van der Waals surface area contributed by atoms with E-state index in [9.17, 15) is 0 Å². The number of imidazole rings is 1. The molecule has 26 heavy (non-hydrogen) atoms. The Bertz CT molecular complexity index is 886. The molecule has 7 nitrogen and oxygen atoms in total. The Hall–Kier alpha value is -2.22. The molecule has 2 atom stereocenters. The molecule has 5 N–H and O–H groups in total. The minimum absolute atomic E-state index is 0.0160. The van der Waals surface area contributed by atoms with Gasteiger partial charge < -0.3 is 21.4 Å². The molecule has 0 radical (unpaired) electrons. The Balaban J connectivity index is 2.10. The van der Waals surface area contributed by atoms with Gasteiger partial charge in [-0.25, -0.2) is 9.97 Å². The van der Waals surface area contributed by atoms with E-state index in [0.717, 1.165) is 11.2 Å². The minimum Gasteiger partial charge on any atom is -0.353 e. The van der Waals surface area contributed by atoms with Gasteiger partial charge >= 0.3 is 0 Å². The van der Waals surface area contributed by atoms with E-state index in [1.54, 1.807) is 6.33 Å². The van der Waals surface area contributed by atoms with Crippen LogP contribution in [0.2, 0.25) is 5.02 Å². The van der Waals surface area contributed by atoms with Crippen LogP contribution in [0.25, 0.3) is 11.2 Å². The Morgan fingerprint density at radius 3 is 2.42 bits per heavy atom. The Labute approximate surface area is 157 Å². The molecule has 8 heteroatoms. The van der Waals surface area contributed by atoms with Crippen LogP contribution in [0, 0.1) is 0 Å². The molecule has 2 heterocycles. The molecule has 0 aliphatic rings. The van der Waals surface area contributed by atoms with E-state index in [4.69, 9.17) is 23.1 Å². The lowest BCUT2D eigenvalue weighted by Gasteiger charge is -2.16. The highest BCUT2D eigenvalue weighted by Gasteiger charge is 2.20. The van der Waals surface area contributed by atoms with Crippen LogP contribution in [-0.2, 0) is 0 Å². The van der Waals surface area contributed by atoms with E-state index in [1.165, 1.54) is 0 Å². The van der Waals surface area contributed by atoms with Crippen LogP contribution in [0.3, 0.4) is 0 Å². The third-order valence-corrected chi connectivity index (χ3v) is 4.36. The number of benzene rings is 1. The lowest BCUT2D eigenvalue weighted by molar-refractivity contribution is 0.612. The summed E-state index contributed by atoms with van der Waals surface area (Å²) in [5.74, 6) is 0.497. The van der Waals surface area contributed by atoms with Crippen molar-refractivity contribution < 1.29 is 0 Å². The standard InChI is InChI=1S/C18H24ClN7/c1-10(2)26-9-23-16-15(14(21)12-4-6-13(19)7-5-12)24-18(25-17(16)26)22-8-11(3)20/h4-7,9-11,14H,8,20-21H2,1-3H3,(H,22,24,25). The van der Waals surface area contributed by atoms with Gasteiger partial charge in [-0.05, 0) is 38.5 Å². The van der Waals surface area contributed by atoms with Crippen molar-refractivity contribution in [3.05, 3.63) is 46.9 Å². The molecule has 0 bridgehead atoms. The number of rotatable bonds is 6. The van der Waals surface area contributed by atoms with Crippen LogP contribution in [0.4, 0.5) is 5.95 Å². The largest absolute Gasteiger partial charge is 0.353 e. The molecule has 2 unspecified atom stereocenters. The van der Waals surface area contributed by atoms with Crippen LogP contribution < -0.4 is 16.8 Å². The molecule has 0 amide bonds. The van der Waals surface area contributed by atoms with Crippen LogP contribution in [0.5, 0.6) is 0 Å². The Kier molecular flexibility index (Phi) is 5.41. The quantitative estimate of drug-likeness (QED) is 0.613. The second kappa shape index (κ2) is 7.57. The summed E-state index contributed by atoms with van der Waals surface area (Å²) in [6.45, 7) is 6.65. The van der Waals surface area contributed by atoms with Gasteiger partial charge in [-0.3, -0.25) is 0 Å². The third kappa shape index (κ3) is 3.80. The summed E-state index contributed by atoms with van der Waals surface area (Å²) in [7, 11) is 0. The molecular formula is C18H24ClN7. The zero-order chi connectivity index (χ0) is 18.8. The minimum atomic E-state index is -0.441. The molecule has 3 aromatic rings. The fourth-order valence-electron chi connectivity index (χ4n) is 2.69. The fourth-order valence-corrected chi connectivity index (χ4v) is 2.82. The van der Waals surface area contributed by atoms with Gasteiger partial charge in [0, 0.05) is 23.7 Å². The molecule has 0 fully saturated rings. The number of aromatic nitrogens is 4. The normalized spacial score (nSPS) is 14.0. The molecule has 3 rings (SSSR count). The number of nitrogens with one attached hydrogen (secondary N) is 1. The van der Waals surface area contributed by atoms with Crippen molar-refractivity contribution in [2.75, 3.05) is 11.9 Å². The van der Waals surface area contributed by atoms with Crippen LogP contribution >= 0.6 is 11.6 Å². The van der Waals surface area contributed by atoms with Gasteiger partial charge in [-0.1, -0.05) is 23.7 Å². The van der Waals surface area contributed by atoms with E-state index < -0.39 is 6.04 Å². The predicted octanol–water partition coefficient (Wildman–Crippen LogP) is 2.87. The molecular weight excluding hydrogens is 350 g/mol. The third-order valence-electron chi connectivity index (χ3n) is 4.11. The molecule has 138 valence electrons. The fraction of sp³-hybridized carbons (Fsp3) is 0.389. The summed E-state index contributed by atoms with van der Waals surface area (Å²) >= 11 is 5.99. The zero-order valence-corrected chi connectivity index (χ0v) is 15.9. The maximum atomic E-state index is 6.51. The highest BCUT2D eigenvalue weighted by molar-refractivity contribution is 6.30. The van der Waals surface area contributed by atoms with Crippen molar-refractivity contribution >= 4 is 28.7 Å². The molecule has 0 saturated heterocycles. The number of fused-ring (bicyclic) bond motifs is 1. The summed E-state index contributed by atoms with van der Waals surface area (Å²) in [4.78, 5) is 13.8. The molecule has 0 aliphatic carbocycles. The summed E-state index contributed by atoms with van der Waals surface area (Å²) < 4.78 is 2.01. The first-order chi connectivity index (χ1) is 12.4. The second-order valence-corrected chi connectivity index (χ2v) is 7.17. The number of hydrogen-bond acceptors (Lipinski definition) is 6. The van der Waals surface area contributed by atoms with Crippen LogP contribution in [-0.4, -0.2) is 32.1 Å². The monoisotopic (exact) mass is 373 g/mol. The van der Waals surface area contributed by atoms with Crippen molar-refractivity contribution in [3.8, 4) is 0 Å². The van der Waals surface area contributed by atoms with Gasteiger partial charge in [0.05, 0.1) is 18.1 Å². The van der Waals surface area contributed by atoms with Gasteiger partial charge in [0.2, 0.25) is 5.95 Å². The highest BCUT2D eigenvalue weighted by atomic mass is 35.5. The lowest BCUT2D eigenvalue weighted by atomic mass is 10.0. The first-order valence-corrected chi connectivity index (χ1v) is 8.99. The van der Waals surface area contributed by atoms with Crippen molar-refractivity contribution in [1.82, 2.24) is 19.5 Å². The average Bonchev–Trinajstić information content (AvgIpc) is 3.03. The van der Waals surface area contributed by atoms with E-state index in [1.807, 2.05) is 35.8 Å². The Morgan fingerprint density at radius 1 is 1.12 bits per heavy atom. The first kappa shape index (κ1) is 18.6. The van der Waals surface area contributed by atoms with Gasteiger partial charge in [-0.2, -0.15) is 4.98 Å². The van der Waals surface area contributed by atoms with Crippen LogP contribution in [0.15, 0.2) is 30.6 Å². The van der Waals surface area contributed by atoms with Gasteiger partial charge in [-0.15, -0.1) is 0 Å². The highest BCUT2D eigenvalue weighted by Crippen LogP contribution is 2.27. The number of nitrogens with two attached hydrogens (primary N) is 2. The van der Waals surface area contributed by atoms with Crippen molar-refractivity contribution in [3.63, 3.8) is 0 Å². The lowest BCUT2D eigenvalue weighted by Crippen LogP contribution is -2.26. The summed E-state index contributed by atoms with van der Waals surface area (Å²) in [5.41, 5.74) is 15.4. The van der Waals surface area contributed by atoms with Crippen molar-refractivity contribution in [2.24, 2.45) is 11.5 Å². The SMILES string of the molecule is CC(N)CNc1nc(C(N)c2ccc(Cl)cc2)c2ncn(C(C)C)c2n1. The van der Waals surface area contributed by atoms with Gasteiger partial charge in [0.1, 0.15) is 5.52 Å². The Morgan fingerprint density at radius 2 is 1.81 bits per heavy atom. The van der Waals surface area contributed by atoms with Crippen molar-refractivity contribution in [2.45, 2.75) is 38.9 Å². The molecule has 2 aromatic heterocycles. The number of hydrogen-bond donors (Lipinski definition) is 3. The topological polar surface area (TPSA) is 108 Å². The summed E-state index contributed by atoms with van der Waals surface area (Å²) in [5, 5.41) is 3.85. The van der Waals surface area contributed by atoms with E-state index in [-0.39, 0.29) is 12.1 Å². The molecule has 1 aromatic carbocycles. The summed E-state index contributed by atoms with van der Waals surface area (Å²) in [6, 6.07) is 7.19. The maximum Gasteiger partial charge on any atom is 0.225 e. The molecule has 0 spiro atoms. The predicted molar refractivity (Wildman–Crippen MR) is 105 cm³/mol. The number of anilines is 1. The zero-order valence-electron chi connectivity index (χ0n) is 15.1. The molecule has 0 saturated carbocycles. The summed E-state index contributed by atoms with van der Waals surface area (Å²) in [6.07, 6.45) is 1.78. The molecule has 0 aliphatic heterocycles. The number of nitrogens with zero attached hydrogens (tertiary/aromatic N) is 4. The average molecular weight is 374 g/mol. The maximum absolute atomic E-state index is 6.51. The van der Waals surface area contributed by atoms with Gasteiger partial charge in [0.25, 0.3) is 0 Å². The first-order valence-electron chi connectivity index (χ1n) is 8.61. The van der Waals surface area contributed by atoms with E-state index >= 15 is 0 Å². The van der Waals surface area contributed by atoms with Crippen LogP contribution in [0.1, 0.15) is 44.1 Å². The van der Waals surface area contributed by atoms with Crippen molar-refractivity contribution in [1.29, 1.82) is 0 Å². The van der Waals surface area contributed by atoms with E-state index in [0.29, 0.717) is 28.7 Å².